The van der Waals surface area contributed by atoms with E-state index in [1.807, 2.05) is 0 Å². The van der Waals surface area contributed by atoms with Gasteiger partial charge < -0.3 is 16.2 Å². The van der Waals surface area contributed by atoms with Gasteiger partial charge in [0.15, 0.2) is 0 Å². The van der Waals surface area contributed by atoms with Crippen LogP contribution in [0.5, 0.6) is 0 Å². The van der Waals surface area contributed by atoms with E-state index in [1.54, 1.807) is 0 Å². The first-order valence-corrected chi connectivity index (χ1v) is 4.67. The van der Waals surface area contributed by atoms with Crippen LogP contribution < -0.4 is 11.5 Å². The van der Waals surface area contributed by atoms with Gasteiger partial charge in [-0.25, -0.2) is 0 Å². The number of hydrogen-bond donors (Lipinski definition) is 2. The number of esters is 1. The Morgan fingerprint density at radius 3 is 2.54 bits per heavy atom. The predicted octanol–water partition coefficient (Wildman–Crippen LogP) is 0.148. The van der Waals surface area contributed by atoms with Gasteiger partial charge >= 0.3 is 5.97 Å². The Morgan fingerprint density at radius 2 is 2.08 bits per heavy atom. The van der Waals surface area contributed by atoms with Crippen LogP contribution in [0.3, 0.4) is 0 Å². The Balaban J connectivity index is 2.43. The third kappa shape index (κ3) is 2.97. The van der Waals surface area contributed by atoms with Crippen LogP contribution in [0, 0.1) is 0 Å². The number of nitrogens with two attached hydrogens (primary N) is 2. The quantitative estimate of drug-likeness (QED) is 0.602. The highest BCUT2D eigenvalue weighted by molar-refractivity contribution is 5.70. The lowest BCUT2D eigenvalue weighted by atomic mass is 9.78. The molecule has 0 bridgehead atoms. The van der Waals surface area contributed by atoms with Crippen molar-refractivity contribution in [3.8, 4) is 0 Å². The van der Waals surface area contributed by atoms with Gasteiger partial charge in [-0.2, -0.15) is 0 Å². The van der Waals surface area contributed by atoms with Crippen molar-refractivity contribution in [2.24, 2.45) is 11.5 Å². The Kier molecular flexibility index (Phi) is 3.27. The van der Waals surface area contributed by atoms with E-state index in [9.17, 15) is 4.79 Å². The fourth-order valence-electron chi connectivity index (χ4n) is 1.75. The van der Waals surface area contributed by atoms with Crippen molar-refractivity contribution in [1.29, 1.82) is 0 Å². The molecule has 0 atom stereocenters. The SMILES string of the molecule is COC(=O)CC1(N)CCC(N)CC1. The molecule has 1 aliphatic rings. The van der Waals surface area contributed by atoms with Crippen LogP contribution in [-0.2, 0) is 9.53 Å². The second-order valence-electron chi connectivity index (χ2n) is 3.95. The first-order valence-electron chi connectivity index (χ1n) is 4.67. The fraction of sp³-hybridized carbons (Fsp3) is 0.889. The molecule has 4 N–H and O–H groups in total. The van der Waals surface area contributed by atoms with Gasteiger partial charge in [0.05, 0.1) is 13.5 Å². The van der Waals surface area contributed by atoms with E-state index in [0.29, 0.717) is 6.42 Å². The van der Waals surface area contributed by atoms with Gasteiger partial charge in [0.25, 0.3) is 0 Å². The number of rotatable bonds is 2. The van der Waals surface area contributed by atoms with Crippen LogP contribution in [0.4, 0.5) is 0 Å². The standard InChI is InChI=1S/C9H18N2O2/c1-13-8(12)6-9(11)4-2-7(10)3-5-9/h7H,2-6,10-11H2,1H3. The molecule has 0 unspecified atom stereocenters. The lowest BCUT2D eigenvalue weighted by Gasteiger charge is -2.34. The average Bonchev–Trinajstić information content (AvgIpc) is 2.10. The molecule has 0 spiro atoms. The summed E-state index contributed by atoms with van der Waals surface area (Å²) in [5.74, 6) is -0.224. The lowest BCUT2D eigenvalue weighted by molar-refractivity contribution is -0.142. The summed E-state index contributed by atoms with van der Waals surface area (Å²) in [4.78, 5) is 11.0. The lowest BCUT2D eigenvalue weighted by Crippen LogP contribution is -2.47. The maximum atomic E-state index is 11.0. The van der Waals surface area contributed by atoms with Crippen molar-refractivity contribution in [1.82, 2.24) is 0 Å². The number of ether oxygens (including phenoxy) is 1. The first-order chi connectivity index (χ1) is 6.06. The highest BCUT2D eigenvalue weighted by atomic mass is 16.5. The molecule has 76 valence electrons. The van der Waals surface area contributed by atoms with Gasteiger partial charge in [0.1, 0.15) is 0 Å². The summed E-state index contributed by atoms with van der Waals surface area (Å²) >= 11 is 0. The molecule has 0 aromatic rings. The molecule has 4 nitrogen and oxygen atoms in total. The van der Waals surface area contributed by atoms with Gasteiger partial charge in [-0.1, -0.05) is 0 Å². The number of hydrogen-bond acceptors (Lipinski definition) is 4. The molecule has 1 saturated carbocycles. The summed E-state index contributed by atoms with van der Waals surface area (Å²) in [5, 5.41) is 0. The van der Waals surface area contributed by atoms with Crippen LogP contribution >= 0.6 is 0 Å². The predicted molar refractivity (Wildman–Crippen MR) is 50.0 cm³/mol. The molecule has 0 heterocycles. The third-order valence-corrected chi connectivity index (χ3v) is 2.75. The summed E-state index contributed by atoms with van der Waals surface area (Å²) in [6.45, 7) is 0. The van der Waals surface area contributed by atoms with Crippen molar-refractivity contribution in [3.63, 3.8) is 0 Å². The van der Waals surface area contributed by atoms with Crippen LogP contribution in [-0.4, -0.2) is 24.7 Å². The Hall–Kier alpha value is -0.610. The van der Waals surface area contributed by atoms with Crippen molar-refractivity contribution in [2.45, 2.75) is 43.7 Å². The largest absolute Gasteiger partial charge is 0.469 e. The van der Waals surface area contributed by atoms with E-state index in [2.05, 4.69) is 4.74 Å². The first kappa shape index (κ1) is 10.5. The van der Waals surface area contributed by atoms with Crippen molar-refractivity contribution < 1.29 is 9.53 Å². The highest BCUT2D eigenvalue weighted by Gasteiger charge is 2.32. The number of carbonyl (C=O) groups excluding carboxylic acids is 1. The van der Waals surface area contributed by atoms with E-state index in [-0.39, 0.29) is 17.6 Å². The molecule has 1 aliphatic carbocycles. The van der Waals surface area contributed by atoms with Crippen molar-refractivity contribution >= 4 is 5.97 Å². The van der Waals surface area contributed by atoms with E-state index in [1.165, 1.54) is 7.11 Å². The zero-order valence-electron chi connectivity index (χ0n) is 8.08. The Morgan fingerprint density at radius 1 is 1.54 bits per heavy atom. The molecule has 1 fully saturated rings. The van der Waals surface area contributed by atoms with Crippen LogP contribution in [0.15, 0.2) is 0 Å². The second-order valence-corrected chi connectivity index (χ2v) is 3.95. The minimum absolute atomic E-state index is 0.224. The van der Waals surface area contributed by atoms with Crippen LogP contribution in [0.25, 0.3) is 0 Å². The summed E-state index contributed by atoms with van der Waals surface area (Å²) in [7, 11) is 1.39. The zero-order chi connectivity index (χ0) is 9.90. The maximum absolute atomic E-state index is 11.0. The van der Waals surface area contributed by atoms with Crippen molar-refractivity contribution in [3.05, 3.63) is 0 Å². The Bertz CT molecular complexity index is 186. The Labute approximate surface area is 78.6 Å². The van der Waals surface area contributed by atoms with Crippen LogP contribution in [0.2, 0.25) is 0 Å². The molecular weight excluding hydrogens is 168 g/mol. The summed E-state index contributed by atoms with van der Waals surface area (Å²) < 4.78 is 4.59. The highest BCUT2D eigenvalue weighted by Crippen LogP contribution is 2.28. The molecule has 4 heteroatoms. The smallest absolute Gasteiger partial charge is 0.307 e. The van der Waals surface area contributed by atoms with Gasteiger partial charge in [0, 0.05) is 11.6 Å². The molecule has 0 radical (unpaired) electrons. The van der Waals surface area contributed by atoms with E-state index in [0.717, 1.165) is 25.7 Å². The summed E-state index contributed by atoms with van der Waals surface area (Å²) in [6.07, 6.45) is 3.78. The molecule has 0 aromatic heterocycles. The second kappa shape index (κ2) is 4.07. The number of methoxy groups -OCH3 is 1. The van der Waals surface area contributed by atoms with E-state index >= 15 is 0 Å². The van der Waals surface area contributed by atoms with Crippen LogP contribution in [0.1, 0.15) is 32.1 Å². The molecular formula is C9H18N2O2. The molecule has 0 saturated heterocycles. The molecule has 0 aromatic carbocycles. The van der Waals surface area contributed by atoms with Gasteiger partial charge in [-0.05, 0) is 25.7 Å². The molecule has 13 heavy (non-hydrogen) atoms. The van der Waals surface area contributed by atoms with Gasteiger partial charge in [-0.15, -0.1) is 0 Å². The molecule has 0 amide bonds. The van der Waals surface area contributed by atoms with Gasteiger partial charge in [0.2, 0.25) is 0 Å². The van der Waals surface area contributed by atoms with E-state index < -0.39 is 0 Å². The fourth-order valence-corrected chi connectivity index (χ4v) is 1.75. The summed E-state index contributed by atoms with van der Waals surface area (Å²) in [6, 6.07) is 0.259. The normalized spacial score (nSPS) is 34.2. The maximum Gasteiger partial charge on any atom is 0.307 e. The number of carbonyl (C=O) groups is 1. The van der Waals surface area contributed by atoms with E-state index in [4.69, 9.17) is 11.5 Å². The minimum Gasteiger partial charge on any atom is -0.469 e. The topological polar surface area (TPSA) is 78.3 Å². The average molecular weight is 186 g/mol. The molecule has 1 rings (SSSR count). The monoisotopic (exact) mass is 186 g/mol. The molecule has 0 aliphatic heterocycles. The van der Waals surface area contributed by atoms with Gasteiger partial charge in [-0.3, -0.25) is 4.79 Å². The third-order valence-electron chi connectivity index (χ3n) is 2.75. The van der Waals surface area contributed by atoms with Crippen molar-refractivity contribution in [2.75, 3.05) is 7.11 Å². The zero-order valence-corrected chi connectivity index (χ0v) is 8.08. The minimum atomic E-state index is -0.372. The summed E-state index contributed by atoms with van der Waals surface area (Å²) in [5.41, 5.74) is 11.4.